The zero-order valence-corrected chi connectivity index (χ0v) is 11.6. The van der Waals surface area contributed by atoms with Crippen LogP contribution >= 0.6 is 0 Å². The molecule has 7 heteroatoms. The Kier molecular flexibility index (Phi) is 7.85. The first-order valence-corrected chi connectivity index (χ1v) is 6.55. The molecule has 0 spiro atoms. The fourth-order valence-electron chi connectivity index (χ4n) is 1.47. The van der Waals surface area contributed by atoms with Gasteiger partial charge in [-0.25, -0.2) is 4.79 Å². The molecule has 1 aromatic rings. The Morgan fingerprint density at radius 1 is 1.10 bits per heavy atom. The maximum Gasteiger partial charge on any atom is 0.513 e. The van der Waals surface area contributed by atoms with Crippen molar-refractivity contribution in [1.82, 2.24) is 0 Å². The van der Waals surface area contributed by atoms with Crippen LogP contribution in [0.5, 0.6) is 5.75 Å². The van der Waals surface area contributed by atoms with Gasteiger partial charge in [-0.05, 0) is 24.1 Å². The fourth-order valence-corrected chi connectivity index (χ4v) is 1.47. The van der Waals surface area contributed by atoms with Crippen LogP contribution in [0, 0.1) is 0 Å². The fraction of sp³-hybridized carbons (Fsp3) is 0.429. The first kappa shape index (κ1) is 16.9. The monoisotopic (exact) mass is 297 g/mol. The largest absolute Gasteiger partial charge is 0.513 e. The van der Waals surface area contributed by atoms with E-state index in [0.717, 1.165) is 5.56 Å². The van der Waals surface area contributed by atoms with E-state index in [-0.39, 0.29) is 19.6 Å². The van der Waals surface area contributed by atoms with Crippen LogP contribution in [-0.2, 0) is 20.7 Å². The molecule has 0 heterocycles. The molecule has 0 bridgehead atoms. The highest BCUT2D eigenvalue weighted by atomic mass is 16.7. The topological polar surface area (TPSA) is 108 Å². The summed E-state index contributed by atoms with van der Waals surface area (Å²) >= 11 is 0. The molecule has 3 N–H and O–H groups in total. The van der Waals surface area contributed by atoms with E-state index in [1.807, 2.05) is 0 Å². The molecule has 0 saturated heterocycles. The maximum atomic E-state index is 11.3. The van der Waals surface area contributed by atoms with Gasteiger partial charge in [0, 0.05) is 13.0 Å². The lowest BCUT2D eigenvalue weighted by Gasteiger charge is -2.07. The highest BCUT2D eigenvalue weighted by Gasteiger charge is 2.06. The van der Waals surface area contributed by atoms with Crippen LogP contribution in [0.3, 0.4) is 0 Å². The van der Waals surface area contributed by atoms with Crippen LogP contribution in [0.25, 0.3) is 0 Å². The lowest BCUT2D eigenvalue weighted by atomic mass is 10.1. The Morgan fingerprint density at radius 2 is 1.81 bits per heavy atom. The molecule has 0 aliphatic heterocycles. The number of benzene rings is 1. The Bertz CT molecular complexity index is 445. The van der Waals surface area contributed by atoms with E-state index in [4.69, 9.17) is 25.1 Å². The van der Waals surface area contributed by atoms with Gasteiger partial charge in [0.15, 0.2) is 0 Å². The number of hydrogen-bond acceptors (Lipinski definition) is 6. The van der Waals surface area contributed by atoms with Crippen molar-refractivity contribution >= 4 is 12.1 Å². The van der Waals surface area contributed by atoms with Crippen LogP contribution < -0.4 is 10.5 Å². The Hall–Kier alpha value is -2.12. The van der Waals surface area contributed by atoms with Crippen molar-refractivity contribution in [3.63, 3.8) is 0 Å². The molecule has 116 valence electrons. The van der Waals surface area contributed by atoms with Gasteiger partial charge >= 0.3 is 12.1 Å². The van der Waals surface area contributed by atoms with Crippen molar-refractivity contribution in [1.29, 1.82) is 0 Å². The molecule has 7 nitrogen and oxygen atoms in total. The predicted molar refractivity (Wildman–Crippen MR) is 74.2 cm³/mol. The molecule has 1 aromatic carbocycles. The first-order valence-electron chi connectivity index (χ1n) is 6.55. The number of carboxylic acid groups (broad SMARTS) is 1. The summed E-state index contributed by atoms with van der Waals surface area (Å²) in [5, 5.41) is 8.58. The minimum atomic E-state index is -0.851. The van der Waals surface area contributed by atoms with Crippen molar-refractivity contribution < 1.29 is 28.9 Å². The Morgan fingerprint density at radius 3 is 2.43 bits per heavy atom. The molecule has 0 amide bonds. The van der Waals surface area contributed by atoms with Crippen LogP contribution in [0.15, 0.2) is 24.3 Å². The summed E-state index contributed by atoms with van der Waals surface area (Å²) in [6.45, 7) is 1.19. The van der Waals surface area contributed by atoms with Gasteiger partial charge in [0.1, 0.15) is 12.4 Å². The minimum absolute atomic E-state index is 0.0606. The van der Waals surface area contributed by atoms with Gasteiger partial charge in [0.25, 0.3) is 0 Å². The number of rotatable bonds is 9. The zero-order valence-electron chi connectivity index (χ0n) is 11.6. The minimum Gasteiger partial charge on any atom is -0.481 e. The zero-order chi connectivity index (χ0) is 15.5. The number of hydrogen-bond donors (Lipinski definition) is 2. The normalized spacial score (nSPS) is 10.1. The van der Waals surface area contributed by atoms with E-state index < -0.39 is 12.1 Å². The molecular weight excluding hydrogens is 278 g/mol. The van der Waals surface area contributed by atoms with Crippen molar-refractivity contribution in [2.45, 2.75) is 12.8 Å². The molecular formula is C14H19NO6. The van der Waals surface area contributed by atoms with Crippen molar-refractivity contribution in [2.75, 3.05) is 26.4 Å². The summed E-state index contributed by atoms with van der Waals surface area (Å²) in [6, 6.07) is 6.58. The number of carbonyl (C=O) groups is 2. The van der Waals surface area contributed by atoms with Crippen LogP contribution in [-0.4, -0.2) is 43.6 Å². The quantitative estimate of drug-likeness (QED) is 0.400. The Labute approximate surface area is 122 Å². The molecule has 0 saturated carbocycles. The number of nitrogens with two attached hydrogens (primary N) is 1. The van der Waals surface area contributed by atoms with E-state index in [1.165, 1.54) is 0 Å². The van der Waals surface area contributed by atoms with Gasteiger partial charge < -0.3 is 25.1 Å². The van der Waals surface area contributed by atoms with Crippen LogP contribution in [0.2, 0.25) is 0 Å². The van der Waals surface area contributed by atoms with Crippen molar-refractivity contribution in [3.05, 3.63) is 29.8 Å². The smallest absolute Gasteiger partial charge is 0.481 e. The Balaban J connectivity index is 2.27. The number of carboxylic acids is 1. The van der Waals surface area contributed by atoms with Crippen molar-refractivity contribution in [2.24, 2.45) is 5.73 Å². The number of aliphatic carboxylic acids is 1. The number of ether oxygens (including phenoxy) is 3. The molecule has 21 heavy (non-hydrogen) atoms. The van der Waals surface area contributed by atoms with Gasteiger partial charge in [-0.3, -0.25) is 4.79 Å². The summed E-state index contributed by atoms with van der Waals surface area (Å²) in [5.74, 6) is -0.516. The van der Waals surface area contributed by atoms with Crippen LogP contribution in [0.4, 0.5) is 4.79 Å². The van der Waals surface area contributed by atoms with Gasteiger partial charge in [0.2, 0.25) is 0 Å². The molecule has 0 fully saturated rings. The summed E-state index contributed by atoms with van der Waals surface area (Å²) in [7, 11) is 0. The summed E-state index contributed by atoms with van der Waals surface area (Å²) in [5.41, 5.74) is 6.09. The molecule has 1 rings (SSSR count). The van der Waals surface area contributed by atoms with Crippen molar-refractivity contribution in [3.8, 4) is 5.75 Å². The van der Waals surface area contributed by atoms with E-state index in [0.29, 0.717) is 25.3 Å². The molecule has 0 aliphatic rings. The third kappa shape index (κ3) is 7.91. The molecule has 0 radical (unpaired) electrons. The molecule has 0 aromatic heterocycles. The van der Waals surface area contributed by atoms with E-state index >= 15 is 0 Å². The number of aryl methyl sites for hydroxylation is 1. The summed E-state index contributed by atoms with van der Waals surface area (Å²) in [6.07, 6.45) is -0.325. The molecule has 0 aliphatic carbocycles. The second-order valence-electron chi connectivity index (χ2n) is 4.14. The average molecular weight is 297 g/mol. The third-order valence-corrected chi connectivity index (χ3v) is 2.46. The second kappa shape index (κ2) is 9.73. The highest BCUT2D eigenvalue weighted by Crippen LogP contribution is 2.14. The summed E-state index contributed by atoms with van der Waals surface area (Å²) < 4.78 is 14.8. The van der Waals surface area contributed by atoms with E-state index in [2.05, 4.69) is 0 Å². The maximum absolute atomic E-state index is 11.3. The first-order chi connectivity index (χ1) is 10.1. The molecule has 0 atom stereocenters. The molecule has 0 unspecified atom stereocenters. The average Bonchev–Trinajstić information content (AvgIpc) is 2.46. The summed E-state index contributed by atoms with van der Waals surface area (Å²) in [4.78, 5) is 21.8. The lowest BCUT2D eigenvalue weighted by Crippen LogP contribution is -2.16. The second-order valence-corrected chi connectivity index (χ2v) is 4.14. The van der Waals surface area contributed by atoms with Gasteiger partial charge in [-0.1, -0.05) is 12.1 Å². The lowest BCUT2D eigenvalue weighted by molar-refractivity contribution is -0.136. The van der Waals surface area contributed by atoms with E-state index in [9.17, 15) is 9.59 Å². The van der Waals surface area contributed by atoms with Crippen LogP contribution in [0.1, 0.15) is 12.0 Å². The van der Waals surface area contributed by atoms with Gasteiger partial charge in [-0.2, -0.15) is 0 Å². The number of carbonyl (C=O) groups excluding carboxylic acids is 1. The SMILES string of the molecule is NCCOCCOC(=O)Oc1ccc(CCC(=O)O)cc1. The third-order valence-electron chi connectivity index (χ3n) is 2.46. The van der Waals surface area contributed by atoms with Gasteiger partial charge in [0.05, 0.1) is 13.2 Å². The van der Waals surface area contributed by atoms with Gasteiger partial charge in [-0.15, -0.1) is 0 Å². The standard InChI is InChI=1S/C14H19NO6/c15-7-8-19-9-10-20-14(18)21-12-4-1-11(2-5-12)3-6-13(16)17/h1-2,4-5H,3,6-10,15H2,(H,16,17). The highest BCUT2D eigenvalue weighted by molar-refractivity contribution is 5.67. The predicted octanol–water partition coefficient (Wildman–Crippen LogP) is 1.19. The van der Waals surface area contributed by atoms with E-state index in [1.54, 1.807) is 24.3 Å².